The molecule has 1 saturated heterocycles. The fourth-order valence-electron chi connectivity index (χ4n) is 7.86. The van der Waals surface area contributed by atoms with Gasteiger partial charge in [-0.25, -0.2) is 0 Å². The van der Waals surface area contributed by atoms with Crippen molar-refractivity contribution in [2.24, 2.45) is 28.6 Å². The van der Waals surface area contributed by atoms with Crippen molar-refractivity contribution >= 4 is 11.5 Å². The second-order valence-electron chi connectivity index (χ2n) is 10.2. The van der Waals surface area contributed by atoms with E-state index in [4.69, 9.17) is 0 Å². The summed E-state index contributed by atoms with van der Waals surface area (Å²) in [4.78, 5) is 19.2. The molecule has 6 atom stereocenters. The molecule has 0 aromatic carbocycles. The van der Waals surface area contributed by atoms with Crippen LogP contribution in [0.5, 0.6) is 0 Å². The van der Waals surface area contributed by atoms with Crippen LogP contribution in [0.3, 0.4) is 0 Å². The highest BCUT2D eigenvalue weighted by Gasteiger charge is 2.60. The Morgan fingerprint density at radius 2 is 2.07 bits per heavy atom. The summed E-state index contributed by atoms with van der Waals surface area (Å²) in [5.74, 6) is 2.71. The smallest absolute Gasteiger partial charge is 0.222 e. The summed E-state index contributed by atoms with van der Waals surface area (Å²) >= 11 is 0. The lowest BCUT2D eigenvalue weighted by atomic mass is 9.48. The summed E-state index contributed by atoms with van der Waals surface area (Å²) < 4.78 is 0. The number of fused-ring (bicyclic) bond motifs is 5. The molecule has 5 rings (SSSR count). The molecule has 150 valence electrons. The molecule has 0 radical (unpaired) electrons. The van der Waals surface area contributed by atoms with E-state index < -0.39 is 0 Å². The number of likely N-dealkylation sites (tertiary alicyclic amines) is 1. The van der Waals surface area contributed by atoms with Gasteiger partial charge in [-0.3, -0.25) is 9.78 Å². The Kier molecular flexibility index (Phi) is 4.23. The van der Waals surface area contributed by atoms with Gasteiger partial charge in [-0.05, 0) is 84.3 Å². The first-order valence-corrected chi connectivity index (χ1v) is 11.4. The van der Waals surface area contributed by atoms with Crippen LogP contribution in [0.4, 0.5) is 0 Å². The summed E-state index contributed by atoms with van der Waals surface area (Å²) in [6.07, 6.45) is 14.6. The standard InChI is InChI=1S/C25H34N2O/c1-4-23(28)27-15-13-25(3)21-11-12-24(2)19(17-6-5-14-26-16-17)8-9-20(24)18(21)7-10-22(25)27/h5-6,8,14,16,18,20-22H,4,7,9-13,15H2,1-3H3/t18-,20-,21-,22?,24+,25+/m0/s1. The minimum atomic E-state index is 0.297. The number of pyridine rings is 1. The van der Waals surface area contributed by atoms with Gasteiger partial charge in [0.2, 0.25) is 5.91 Å². The van der Waals surface area contributed by atoms with Crippen LogP contribution in [0.2, 0.25) is 0 Å². The van der Waals surface area contributed by atoms with Crippen LogP contribution in [0.1, 0.15) is 71.3 Å². The molecule has 2 saturated carbocycles. The van der Waals surface area contributed by atoms with Crippen molar-refractivity contribution in [3.63, 3.8) is 0 Å². The summed E-state index contributed by atoms with van der Waals surface area (Å²) in [6, 6.07) is 4.79. The largest absolute Gasteiger partial charge is 0.339 e. The number of allylic oxidation sites excluding steroid dienone is 2. The van der Waals surface area contributed by atoms with E-state index in [0.717, 1.165) is 24.3 Å². The van der Waals surface area contributed by atoms with Gasteiger partial charge in [0.05, 0.1) is 0 Å². The normalized spacial score (nSPS) is 41.8. The maximum atomic E-state index is 12.5. The zero-order valence-electron chi connectivity index (χ0n) is 17.7. The van der Waals surface area contributed by atoms with E-state index in [1.807, 2.05) is 13.1 Å². The van der Waals surface area contributed by atoms with Crippen LogP contribution in [0.25, 0.3) is 5.57 Å². The monoisotopic (exact) mass is 378 g/mol. The second kappa shape index (κ2) is 6.43. The van der Waals surface area contributed by atoms with Crippen LogP contribution in [0.15, 0.2) is 30.6 Å². The quantitative estimate of drug-likeness (QED) is 0.697. The third-order valence-corrected chi connectivity index (χ3v) is 9.26. The topological polar surface area (TPSA) is 33.2 Å². The molecular weight excluding hydrogens is 344 g/mol. The number of rotatable bonds is 2. The van der Waals surface area contributed by atoms with E-state index in [-0.39, 0.29) is 0 Å². The van der Waals surface area contributed by atoms with E-state index in [1.165, 1.54) is 44.1 Å². The van der Waals surface area contributed by atoms with Crippen LogP contribution in [0, 0.1) is 28.6 Å². The number of carbonyl (C=O) groups is 1. The van der Waals surface area contributed by atoms with Gasteiger partial charge in [-0.1, -0.05) is 32.9 Å². The van der Waals surface area contributed by atoms with Gasteiger partial charge < -0.3 is 4.90 Å². The molecule has 0 spiro atoms. The highest BCUT2D eigenvalue weighted by atomic mass is 16.2. The zero-order chi connectivity index (χ0) is 19.5. The lowest BCUT2D eigenvalue weighted by molar-refractivity contribution is -0.136. The third kappa shape index (κ3) is 2.40. The molecule has 3 fully saturated rings. The highest BCUT2D eigenvalue weighted by Crippen LogP contribution is 2.66. The first-order valence-electron chi connectivity index (χ1n) is 11.4. The molecule has 1 aromatic heterocycles. The average Bonchev–Trinajstić information content (AvgIpc) is 3.25. The first kappa shape index (κ1) is 18.4. The van der Waals surface area contributed by atoms with Gasteiger partial charge in [0.1, 0.15) is 0 Å². The van der Waals surface area contributed by atoms with Gasteiger partial charge in [-0.15, -0.1) is 0 Å². The van der Waals surface area contributed by atoms with E-state index in [9.17, 15) is 4.79 Å². The maximum Gasteiger partial charge on any atom is 0.222 e. The Bertz CT molecular complexity index is 802. The summed E-state index contributed by atoms with van der Waals surface area (Å²) in [5, 5.41) is 0. The molecule has 1 amide bonds. The van der Waals surface area contributed by atoms with Crippen LogP contribution in [-0.4, -0.2) is 28.4 Å². The van der Waals surface area contributed by atoms with Crippen molar-refractivity contribution < 1.29 is 4.79 Å². The van der Waals surface area contributed by atoms with Crippen molar-refractivity contribution in [1.82, 2.24) is 9.88 Å². The molecule has 3 heteroatoms. The molecule has 2 heterocycles. The van der Waals surface area contributed by atoms with Gasteiger partial charge >= 0.3 is 0 Å². The molecule has 1 unspecified atom stereocenters. The van der Waals surface area contributed by atoms with Crippen LogP contribution in [-0.2, 0) is 4.79 Å². The third-order valence-electron chi connectivity index (χ3n) is 9.26. The number of nitrogens with zero attached hydrogens (tertiary/aromatic N) is 2. The Balaban J connectivity index is 1.42. The van der Waals surface area contributed by atoms with Crippen LogP contribution < -0.4 is 0 Å². The fourth-order valence-corrected chi connectivity index (χ4v) is 7.86. The van der Waals surface area contributed by atoms with E-state index in [0.29, 0.717) is 29.2 Å². The van der Waals surface area contributed by atoms with E-state index in [1.54, 1.807) is 5.57 Å². The average molecular weight is 379 g/mol. The molecule has 28 heavy (non-hydrogen) atoms. The second-order valence-corrected chi connectivity index (χ2v) is 10.2. The molecule has 3 aliphatic carbocycles. The van der Waals surface area contributed by atoms with Gasteiger partial charge in [-0.2, -0.15) is 0 Å². The predicted molar refractivity (Wildman–Crippen MR) is 112 cm³/mol. The SMILES string of the molecule is CCC(=O)N1CC[C@@]2(C)C1CC[C@@H]1[C@@H]2CC[C@]2(C)C(c3cccnc3)=CC[C@@H]12. The molecule has 0 N–H and O–H groups in total. The number of amides is 1. The van der Waals surface area contributed by atoms with Gasteiger partial charge in [0.25, 0.3) is 0 Å². The van der Waals surface area contributed by atoms with Crippen molar-refractivity contribution in [2.45, 2.75) is 71.8 Å². The van der Waals surface area contributed by atoms with E-state index >= 15 is 0 Å². The summed E-state index contributed by atoms with van der Waals surface area (Å²) in [5.41, 5.74) is 3.49. The van der Waals surface area contributed by atoms with Gasteiger partial charge in [0, 0.05) is 31.4 Å². The number of hydrogen-bond donors (Lipinski definition) is 0. The molecule has 3 nitrogen and oxygen atoms in total. The van der Waals surface area contributed by atoms with Gasteiger partial charge in [0.15, 0.2) is 0 Å². The van der Waals surface area contributed by atoms with Crippen molar-refractivity contribution in [3.8, 4) is 0 Å². The zero-order valence-corrected chi connectivity index (χ0v) is 17.7. The number of aromatic nitrogens is 1. The summed E-state index contributed by atoms with van der Waals surface area (Å²) in [6.45, 7) is 8.04. The molecule has 1 aromatic rings. The Hall–Kier alpha value is -1.64. The first-order chi connectivity index (χ1) is 13.5. The molecule has 4 aliphatic rings. The fraction of sp³-hybridized carbons (Fsp3) is 0.680. The molecule has 0 bridgehead atoms. The Labute approximate surface area is 169 Å². The Morgan fingerprint density at radius 1 is 1.21 bits per heavy atom. The summed E-state index contributed by atoms with van der Waals surface area (Å²) in [7, 11) is 0. The van der Waals surface area contributed by atoms with Crippen molar-refractivity contribution in [1.29, 1.82) is 0 Å². The highest BCUT2D eigenvalue weighted by molar-refractivity contribution is 5.76. The predicted octanol–water partition coefficient (Wildman–Crippen LogP) is 5.33. The molecular formula is C25H34N2O. The minimum Gasteiger partial charge on any atom is -0.339 e. The maximum absolute atomic E-state index is 12.5. The minimum absolute atomic E-state index is 0.297. The van der Waals surface area contributed by atoms with Crippen LogP contribution >= 0.6 is 0 Å². The van der Waals surface area contributed by atoms with E-state index in [2.05, 4.69) is 48.1 Å². The number of hydrogen-bond acceptors (Lipinski definition) is 2. The van der Waals surface area contributed by atoms with Crippen molar-refractivity contribution in [3.05, 3.63) is 36.2 Å². The van der Waals surface area contributed by atoms with Crippen molar-refractivity contribution in [2.75, 3.05) is 6.54 Å². The molecule has 1 aliphatic heterocycles. The lowest BCUT2D eigenvalue weighted by Crippen LogP contribution is -2.54. The lowest BCUT2D eigenvalue weighted by Gasteiger charge is -2.57. The number of carbonyl (C=O) groups excluding carboxylic acids is 1. The Morgan fingerprint density at radius 3 is 2.82 bits per heavy atom.